The van der Waals surface area contributed by atoms with E-state index in [9.17, 15) is 10.2 Å². The first-order chi connectivity index (χ1) is 10.9. The molecule has 0 aliphatic heterocycles. The molecule has 0 unspecified atom stereocenters. The van der Waals surface area contributed by atoms with Crippen LogP contribution in [-0.4, -0.2) is 29.0 Å². The van der Waals surface area contributed by atoms with Gasteiger partial charge in [0.15, 0.2) is 0 Å². The van der Waals surface area contributed by atoms with Gasteiger partial charge in [-0.25, -0.2) is 0 Å². The topological polar surface area (TPSA) is 49.7 Å². The van der Waals surface area contributed by atoms with E-state index in [-0.39, 0.29) is 5.41 Å². The molecule has 2 fully saturated rings. The fourth-order valence-electron chi connectivity index (χ4n) is 6.02. The van der Waals surface area contributed by atoms with Crippen molar-refractivity contribution >= 4 is 0 Å². The molecular formula is C20H28O3. The summed E-state index contributed by atoms with van der Waals surface area (Å²) in [7, 11) is 1.72. The molecule has 2 saturated carbocycles. The lowest BCUT2D eigenvalue weighted by atomic mass is 9.55. The van der Waals surface area contributed by atoms with Crippen molar-refractivity contribution in [2.75, 3.05) is 7.11 Å². The number of hydrogen-bond acceptors (Lipinski definition) is 3. The minimum Gasteiger partial charge on any atom is -0.497 e. The van der Waals surface area contributed by atoms with Crippen LogP contribution < -0.4 is 4.74 Å². The molecule has 6 atom stereocenters. The summed E-state index contributed by atoms with van der Waals surface area (Å²) in [6.45, 7) is 4.02. The first kappa shape index (κ1) is 15.5. The monoisotopic (exact) mass is 316 g/mol. The third-order valence-electron chi connectivity index (χ3n) is 7.22. The second-order valence-electron chi connectivity index (χ2n) is 8.49. The number of methoxy groups -OCH3 is 1. The number of aryl methyl sites for hydroxylation is 1. The quantitative estimate of drug-likeness (QED) is 0.836. The number of aliphatic hydroxyl groups is 2. The molecule has 126 valence electrons. The second kappa shape index (κ2) is 4.97. The van der Waals surface area contributed by atoms with E-state index in [1.165, 1.54) is 11.1 Å². The van der Waals surface area contributed by atoms with E-state index in [1.54, 1.807) is 7.11 Å². The predicted molar refractivity (Wildman–Crippen MR) is 89.6 cm³/mol. The third-order valence-corrected chi connectivity index (χ3v) is 7.22. The van der Waals surface area contributed by atoms with Crippen LogP contribution in [0.5, 0.6) is 5.75 Å². The van der Waals surface area contributed by atoms with Crippen molar-refractivity contribution < 1.29 is 14.9 Å². The highest BCUT2D eigenvalue weighted by Gasteiger charge is 2.61. The molecule has 0 radical (unpaired) electrons. The Labute approximate surface area is 138 Å². The molecule has 0 heterocycles. The SMILES string of the molecule is COc1ccc2c(c1)CC[C@@H]1[C@@H]2CC[C@]2(C)[C@@H](O)[C@@](C)(O)C[C@@H]12. The fraction of sp³-hybridized carbons (Fsp3) is 0.700. The van der Waals surface area contributed by atoms with Gasteiger partial charge in [0.2, 0.25) is 0 Å². The van der Waals surface area contributed by atoms with Crippen molar-refractivity contribution in [3.8, 4) is 5.75 Å². The van der Waals surface area contributed by atoms with Crippen LogP contribution in [0.1, 0.15) is 56.6 Å². The number of hydrogen-bond donors (Lipinski definition) is 2. The Hall–Kier alpha value is -1.06. The molecule has 4 rings (SSSR count). The number of aliphatic hydroxyl groups excluding tert-OH is 1. The van der Waals surface area contributed by atoms with Gasteiger partial charge in [-0.3, -0.25) is 0 Å². The summed E-state index contributed by atoms with van der Waals surface area (Å²) in [6, 6.07) is 6.52. The fourth-order valence-corrected chi connectivity index (χ4v) is 6.02. The lowest BCUT2D eigenvalue weighted by molar-refractivity contribution is -0.0903. The van der Waals surface area contributed by atoms with Crippen LogP contribution in [0.2, 0.25) is 0 Å². The maximum atomic E-state index is 10.7. The Morgan fingerprint density at radius 2 is 2.00 bits per heavy atom. The molecule has 0 aromatic heterocycles. The van der Waals surface area contributed by atoms with Gasteiger partial charge >= 0.3 is 0 Å². The van der Waals surface area contributed by atoms with E-state index < -0.39 is 11.7 Å². The molecule has 0 spiro atoms. The van der Waals surface area contributed by atoms with E-state index in [1.807, 2.05) is 6.92 Å². The number of rotatable bonds is 1. The van der Waals surface area contributed by atoms with Crippen molar-refractivity contribution in [1.29, 1.82) is 0 Å². The van der Waals surface area contributed by atoms with Gasteiger partial charge in [0.25, 0.3) is 0 Å². The highest BCUT2D eigenvalue weighted by Crippen LogP contribution is 2.63. The van der Waals surface area contributed by atoms with Gasteiger partial charge in [0.05, 0.1) is 18.8 Å². The Balaban J connectivity index is 1.70. The van der Waals surface area contributed by atoms with Gasteiger partial charge in [-0.05, 0) is 85.5 Å². The van der Waals surface area contributed by atoms with Crippen molar-refractivity contribution in [2.24, 2.45) is 17.3 Å². The molecule has 2 N–H and O–H groups in total. The summed E-state index contributed by atoms with van der Waals surface area (Å²) in [6.07, 6.45) is 4.49. The van der Waals surface area contributed by atoms with Gasteiger partial charge in [0.1, 0.15) is 5.75 Å². The van der Waals surface area contributed by atoms with Crippen molar-refractivity contribution in [1.82, 2.24) is 0 Å². The zero-order valence-corrected chi connectivity index (χ0v) is 14.4. The largest absolute Gasteiger partial charge is 0.497 e. The smallest absolute Gasteiger partial charge is 0.119 e. The molecule has 0 bridgehead atoms. The van der Waals surface area contributed by atoms with E-state index in [4.69, 9.17) is 4.74 Å². The van der Waals surface area contributed by atoms with Crippen LogP contribution in [0.4, 0.5) is 0 Å². The lowest BCUT2D eigenvalue weighted by Crippen LogP contribution is -2.46. The molecule has 0 saturated heterocycles. The van der Waals surface area contributed by atoms with Crippen LogP contribution in [0.3, 0.4) is 0 Å². The number of ether oxygens (including phenoxy) is 1. The molecule has 3 heteroatoms. The molecular weight excluding hydrogens is 288 g/mol. The third kappa shape index (κ3) is 2.09. The predicted octanol–water partition coefficient (Wildman–Crippen LogP) is 3.27. The molecule has 3 aliphatic rings. The number of fused-ring (bicyclic) bond motifs is 5. The standard InChI is InChI=1S/C20H28O3/c1-19-9-8-15-14-7-5-13(23-3)10-12(14)4-6-16(15)17(19)11-20(2,22)18(19)21/h5,7,10,15-18,21-22H,4,6,8-9,11H2,1-3H3/t15-,16-,17+,18-,19+,20+/m1/s1. The average Bonchev–Trinajstić information content (AvgIpc) is 2.73. The molecule has 3 aliphatic carbocycles. The summed E-state index contributed by atoms with van der Waals surface area (Å²) in [5, 5.41) is 21.3. The maximum Gasteiger partial charge on any atom is 0.119 e. The first-order valence-corrected chi connectivity index (χ1v) is 8.94. The van der Waals surface area contributed by atoms with Crippen LogP contribution in [0, 0.1) is 17.3 Å². The Morgan fingerprint density at radius 3 is 2.74 bits per heavy atom. The van der Waals surface area contributed by atoms with Crippen LogP contribution in [-0.2, 0) is 6.42 Å². The lowest BCUT2D eigenvalue weighted by Gasteiger charge is -2.50. The molecule has 3 nitrogen and oxygen atoms in total. The summed E-state index contributed by atoms with van der Waals surface area (Å²) in [5.74, 6) is 2.52. The zero-order chi connectivity index (χ0) is 16.4. The summed E-state index contributed by atoms with van der Waals surface area (Å²) < 4.78 is 5.38. The van der Waals surface area contributed by atoms with E-state index in [0.717, 1.165) is 37.9 Å². The zero-order valence-electron chi connectivity index (χ0n) is 14.4. The van der Waals surface area contributed by atoms with Gasteiger partial charge in [0, 0.05) is 0 Å². The molecule has 1 aromatic rings. The average molecular weight is 316 g/mol. The Bertz CT molecular complexity index is 623. The van der Waals surface area contributed by atoms with Gasteiger partial charge in [-0.2, -0.15) is 0 Å². The minimum absolute atomic E-state index is 0.130. The van der Waals surface area contributed by atoms with Crippen molar-refractivity contribution in [3.05, 3.63) is 29.3 Å². The van der Waals surface area contributed by atoms with Gasteiger partial charge in [-0.15, -0.1) is 0 Å². The molecule has 0 amide bonds. The van der Waals surface area contributed by atoms with Crippen LogP contribution >= 0.6 is 0 Å². The Kier molecular flexibility index (Phi) is 3.34. The van der Waals surface area contributed by atoms with E-state index >= 15 is 0 Å². The van der Waals surface area contributed by atoms with E-state index in [2.05, 4.69) is 25.1 Å². The number of benzene rings is 1. The minimum atomic E-state index is -0.936. The van der Waals surface area contributed by atoms with Gasteiger partial charge in [-0.1, -0.05) is 13.0 Å². The highest BCUT2D eigenvalue weighted by atomic mass is 16.5. The Morgan fingerprint density at radius 1 is 1.22 bits per heavy atom. The highest BCUT2D eigenvalue weighted by molar-refractivity contribution is 5.40. The summed E-state index contributed by atoms with van der Waals surface area (Å²) >= 11 is 0. The molecule has 1 aromatic carbocycles. The van der Waals surface area contributed by atoms with Crippen LogP contribution in [0.25, 0.3) is 0 Å². The summed E-state index contributed by atoms with van der Waals surface area (Å²) in [5.41, 5.74) is 1.84. The normalized spacial score (nSPS) is 45.1. The van der Waals surface area contributed by atoms with Crippen molar-refractivity contribution in [2.45, 2.75) is 63.6 Å². The second-order valence-corrected chi connectivity index (χ2v) is 8.49. The first-order valence-electron chi connectivity index (χ1n) is 8.94. The van der Waals surface area contributed by atoms with E-state index in [0.29, 0.717) is 17.8 Å². The van der Waals surface area contributed by atoms with Gasteiger partial charge < -0.3 is 14.9 Å². The maximum absolute atomic E-state index is 10.7. The van der Waals surface area contributed by atoms with Crippen LogP contribution in [0.15, 0.2) is 18.2 Å². The molecule has 23 heavy (non-hydrogen) atoms. The summed E-state index contributed by atoms with van der Waals surface area (Å²) in [4.78, 5) is 0. The van der Waals surface area contributed by atoms with Crippen molar-refractivity contribution in [3.63, 3.8) is 0 Å².